The molecule has 0 atom stereocenters. The highest BCUT2D eigenvalue weighted by atomic mass is 35.5. The highest BCUT2D eigenvalue weighted by Crippen LogP contribution is 2.27. The van der Waals surface area contributed by atoms with Crippen LogP contribution in [-0.2, 0) is 0 Å². The Hall–Kier alpha value is -2.53. The Morgan fingerprint density at radius 3 is 2.46 bits per heavy atom. The molecule has 0 aliphatic carbocycles. The fourth-order valence-corrected chi connectivity index (χ4v) is 2.37. The van der Waals surface area contributed by atoms with Crippen molar-refractivity contribution in [3.8, 4) is 11.5 Å². The number of halogens is 1. The molecule has 0 unspecified atom stereocenters. The second-order valence-electron chi connectivity index (χ2n) is 4.93. The minimum Gasteiger partial charge on any atom is -0.493 e. The van der Waals surface area contributed by atoms with Crippen molar-refractivity contribution < 1.29 is 14.3 Å². The molecular formula is C18H19ClN2O3. The zero-order valence-electron chi connectivity index (χ0n) is 13.8. The van der Waals surface area contributed by atoms with E-state index < -0.39 is 0 Å². The Labute approximate surface area is 146 Å². The molecule has 0 spiro atoms. The number of hydrogen-bond acceptors (Lipinski definition) is 4. The van der Waals surface area contributed by atoms with Gasteiger partial charge in [0, 0.05) is 10.6 Å². The average molecular weight is 347 g/mol. The molecule has 24 heavy (non-hydrogen) atoms. The van der Waals surface area contributed by atoms with Crippen molar-refractivity contribution in [3.05, 3.63) is 58.6 Å². The van der Waals surface area contributed by atoms with Gasteiger partial charge in [0.15, 0.2) is 11.5 Å². The van der Waals surface area contributed by atoms with Crippen LogP contribution < -0.4 is 14.9 Å². The maximum Gasteiger partial charge on any atom is 0.271 e. The summed E-state index contributed by atoms with van der Waals surface area (Å²) < 4.78 is 10.4. The number of ether oxygens (including phenoxy) is 2. The van der Waals surface area contributed by atoms with E-state index >= 15 is 0 Å². The van der Waals surface area contributed by atoms with Gasteiger partial charge >= 0.3 is 0 Å². The van der Waals surface area contributed by atoms with E-state index in [0.717, 1.165) is 11.3 Å². The standard InChI is InChI=1S/C18H19ClN2O3/c1-4-15(12-6-5-7-14(19)10-12)20-21-18(22)13-8-9-16(23-2)17(11-13)24-3/h5-11H,4H2,1-3H3,(H,21,22). The third-order valence-electron chi connectivity index (χ3n) is 3.43. The molecule has 0 aliphatic rings. The lowest BCUT2D eigenvalue weighted by atomic mass is 10.1. The van der Waals surface area contributed by atoms with Gasteiger partial charge in [-0.25, -0.2) is 5.43 Å². The maximum atomic E-state index is 12.3. The van der Waals surface area contributed by atoms with E-state index in [0.29, 0.717) is 28.5 Å². The van der Waals surface area contributed by atoms with Crippen LogP contribution in [0.5, 0.6) is 11.5 Å². The first kappa shape index (κ1) is 17.8. The monoisotopic (exact) mass is 346 g/mol. The first-order valence-corrected chi connectivity index (χ1v) is 7.81. The SMILES string of the molecule is CCC(=NNC(=O)c1ccc(OC)c(OC)c1)c1cccc(Cl)c1. The minimum absolute atomic E-state index is 0.330. The fraction of sp³-hybridized carbons (Fsp3) is 0.222. The summed E-state index contributed by atoms with van der Waals surface area (Å²) in [5.41, 5.74) is 4.61. The van der Waals surface area contributed by atoms with E-state index in [1.165, 1.54) is 7.11 Å². The zero-order chi connectivity index (χ0) is 17.5. The Balaban J connectivity index is 2.19. The van der Waals surface area contributed by atoms with Gasteiger partial charge in [-0.3, -0.25) is 4.79 Å². The van der Waals surface area contributed by atoms with Crippen LogP contribution in [0.2, 0.25) is 5.02 Å². The molecule has 2 aromatic rings. The van der Waals surface area contributed by atoms with E-state index in [9.17, 15) is 4.79 Å². The lowest BCUT2D eigenvalue weighted by Gasteiger charge is -2.09. The quantitative estimate of drug-likeness (QED) is 0.637. The molecule has 0 heterocycles. The van der Waals surface area contributed by atoms with Crippen LogP contribution in [0.3, 0.4) is 0 Å². The molecular weight excluding hydrogens is 328 g/mol. The Morgan fingerprint density at radius 1 is 1.08 bits per heavy atom. The topological polar surface area (TPSA) is 59.9 Å². The molecule has 0 bridgehead atoms. The maximum absolute atomic E-state index is 12.3. The summed E-state index contributed by atoms with van der Waals surface area (Å²) in [5, 5.41) is 4.84. The van der Waals surface area contributed by atoms with Crippen LogP contribution in [0.15, 0.2) is 47.6 Å². The second kappa shape index (κ2) is 8.36. The van der Waals surface area contributed by atoms with Gasteiger partial charge in [-0.15, -0.1) is 0 Å². The van der Waals surface area contributed by atoms with E-state index in [1.807, 2.05) is 25.1 Å². The summed E-state index contributed by atoms with van der Waals surface area (Å²) in [4.78, 5) is 12.3. The summed E-state index contributed by atoms with van der Waals surface area (Å²) in [7, 11) is 3.06. The summed E-state index contributed by atoms with van der Waals surface area (Å²) in [5.74, 6) is 0.717. The molecule has 0 aliphatic heterocycles. The Bertz CT molecular complexity index is 760. The third kappa shape index (κ3) is 4.26. The number of nitrogens with one attached hydrogen (secondary N) is 1. The first-order valence-electron chi connectivity index (χ1n) is 7.44. The van der Waals surface area contributed by atoms with Crippen molar-refractivity contribution in [1.82, 2.24) is 5.43 Å². The fourth-order valence-electron chi connectivity index (χ4n) is 2.18. The van der Waals surface area contributed by atoms with Gasteiger partial charge in [-0.05, 0) is 42.3 Å². The van der Waals surface area contributed by atoms with E-state index in [-0.39, 0.29) is 5.91 Å². The van der Waals surface area contributed by atoms with E-state index in [4.69, 9.17) is 21.1 Å². The lowest BCUT2D eigenvalue weighted by molar-refractivity contribution is 0.0954. The molecule has 0 fully saturated rings. The normalized spacial score (nSPS) is 11.1. The molecule has 1 N–H and O–H groups in total. The average Bonchev–Trinajstić information content (AvgIpc) is 2.61. The number of rotatable bonds is 6. The summed E-state index contributed by atoms with van der Waals surface area (Å²) in [6.07, 6.45) is 0.659. The number of carbonyl (C=O) groups is 1. The van der Waals surface area contributed by atoms with Crippen LogP contribution in [0.4, 0.5) is 0 Å². The number of hydrogen-bond donors (Lipinski definition) is 1. The number of methoxy groups -OCH3 is 2. The molecule has 0 radical (unpaired) electrons. The number of amides is 1. The molecule has 0 saturated heterocycles. The highest BCUT2D eigenvalue weighted by Gasteiger charge is 2.11. The van der Waals surface area contributed by atoms with Crippen LogP contribution in [0, 0.1) is 0 Å². The molecule has 0 saturated carbocycles. The largest absolute Gasteiger partial charge is 0.493 e. The second-order valence-corrected chi connectivity index (χ2v) is 5.37. The van der Waals surface area contributed by atoms with Crippen molar-refractivity contribution >= 4 is 23.2 Å². The minimum atomic E-state index is -0.330. The molecule has 0 aromatic heterocycles. The van der Waals surface area contributed by atoms with Gasteiger partial charge in [-0.2, -0.15) is 5.10 Å². The zero-order valence-corrected chi connectivity index (χ0v) is 14.6. The van der Waals surface area contributed by atoms with Crippen LogP contribution >= 0.6 is 11.6 Å². The molecule has 2 aromatic carbocycles. The number of nitrogens with zero attached hydrogens (tertiary/aromatic N) is 1. The van der Waals surface area contributed by atoms with Crippen molar-refractivity contribution in [2.45, 2.75) is 13.3 Å². The molecule has 5 nitrogen and oxygen atoms in total. The van der Waals surface area contributed by atoms with Crippen LogP contribution in [0.1, 0.15) is 29.3 Å². The van der Waals surface area contributed by atoms with Crippen molar-refractivity contribution in [1.29, 1.82) is 0 Å². The highest BCUT2D eigenvalue weighted by molar-refractivity contribution is 6.31. The van der Waals surface area contributed by atoms with E-state index in [1.54, 1.807) is 31.4 Å². The van der Waals surface area contributed by atoms with Gasteiger partial charge in [-0.1, -0.05) is 30.7 Å². The number of benzene rings is 2. The summed E-state index contributed by atoms with van der Waals surface area (Å²) in [6, 6.07) is 12.3. The van der Waals surface area contributed by atoms with E-state index in [2.05, 4.69) is 10.5 Å². The molecule has 1 amide bonds. The molecule has 2 rings (SSSR count). The van der Waals surface area contributed by atoms with Crippen LogP contribution in [0.25, 0.3) is 0 Å². The number of hydrazone groups is 1. The third-order valence-corrected chi connectivity index (χ3v) is 3.67. The predicted octanol–water partition coefficient (Wildman–Crippen LogP) is 3.90. The van der Waals surface area contributed by atoms with Crippen molar-refractivity contribution in [2.75, 3.05) is 14.2 Å². The molecule has 126 valence electrons. The summed E-state index contributed by atoms with van der Waals surface area (Å²) in [6.45, 7) is 1.96. The van der Waals surface area contributed by atoms with Crippen molar-refractivity contribution in [2.24, 2.45) is 5.10 Å². The van der Waals surface area contributed by atoms with Gasteiger partial charge in [0.2, 0.25) is 0 Å². The first-order chi connectivity index (χ1) is 11.6. The summed E-state index contributed by atoms with van der Waals surface area (Å²) >= 11 is 6.00. The Morgan fingerprint density at radius 2 is 1.83 bits per heavy atom. The van der Waals surface area contributed by atoms with Gasteiger partial charge in [0.1, 0.15) is 0 Å². The van der Waals surface area contributed by atoms with Crippen molar-refractivity contribution in [3.63, 3.8) is 0 Å². The smallest absolute Gasteiger partial charge is 0.271 e. The molecule has 6 heteroatoms. The number of carbonyl (C=O) groups excluding carboxylic acids is 1. The van der Waals surface area contributed by atoms with Gasteiger partial charge in [0.05, 0.1) is 19.9 Å². The Kier molecular flexibility index (Phi) is 6.21. The van der Waals surface area contributed by atoms with Crippen LogP contribution in [-0.4, -0.2) is 25.8 Å². The van der Waals surface area contributed by atoms with Gasteiger partial charge in [0.25, 0.3) is 5.91 Å². The lowest BCUT2D eigenvalue weighted by Crippen LogP contribution is -2.20. The predicted molar refractivity (Wildman–Crippen MR) is 95.3 cm³/mol. The van der Waals surface area contributed by atoms with Gasteiger partial charge < -0.3 is 9.47 Å².